The number of hydrogen-bond donors (Lipinski definition) is 0. The molecule has 0 atom stereocenters. The van der Waals surface area contributed by atoms with Crippen molar-refractivity contribution in [1.82, 2.24) is 15.0 Å². The summed E-state index contributed by atoms with van der Waals surface area (Å²) >= 11 is 0. The fourth-order valence-corrected chi connectivity index (χ4v) is 3.91. The zero-order valence-corrected chi connectivity index (χ0v) is 14.6. The maximum atomic E-state index is 4.52. The van der Waals surface area contributed by atoms with Crippen LogP contribution in [0.2, 0.25) is 0 Å². The average Bonchev–Trinajstić information content (AvgIpc) is 2.76. The van der Waals surface area contributed by atoms with Gasteiger partial charge in [-0.2, -0.15) is 0 Å². The second-order valence-electron chi connectivity index (χ2n) is 7.03. The van der Waals surface area contributed by atoms with Crippen molar-refractivity contribution in [2.24, 2.45) is 0 Å². The lowest BCUT2D eigenvalue weighted by Crippen LogP contribution is -2.15. The standard InChI is InChI=1S/C21H21N3/c1-13-22-14(2)24-19(23-13)12-15-8-7-11-18-20(15)16-9-5-6-10-17(16)21(18,3)4/h5-11H,12H2,1-4H3. The van der Waals surface area contributed by atoms with Crippen LogP contribution in [0.15, 0.2) is 42.5 Å². The number of hydrogen-bond acceptors (Lipinski definition) is 3. The predicted octanol–water partition coefficient (Wildman–Crippen LogP) is 4.39. The summed E-state index contributed by atoms with van der Waals surface area (Å²) in [5, 5.41) is 0. The lowest BCUT2D eigenvalue weighted by molar-refractivity contribution is 0.660. The van der Waals surface area contributed by atoms with Crippen molar-refractivity contribution in [3.8, 4) is 11.1 Å². The zero-order chi connectivity index (χ0) is 16.9. The van der Waals surface area contributed by atoms with Crippen LogP contribution in [-0.4, -0.2) is 15.0 Å². The van der Waals surface area contributed by atoms with E-state index in [4.69, 9.17) is 0 Å². The van der Waals surface area contributed by atoms with Crippen LogP contribution in [-0.2, 0) is 11.8 Å². The summed E-state index contributed by atoms with van der Waals surface area (Å²) in [4.78, 5) is 13.3. The molecule has 0 N–H and O–H groups in total. The summed E-state index contributed by atoms with van der Waals surface area (Å²) in [5.41, 5.74) is 6.81. The molecule has 0 radical (unpaired) electrons. The molecule has 0 saturated carbocycles. The van der Waals surface area contributed by atoms with Gasteiger partial charge in [0.05, 0.1) is 0 Å². The van der Waals surface area contributed by atoms with Crippen LogP contribution in [0.5, 0.6) is 0 Å². The number of rotatable bonds is 2. The molecule has 0 fully saturated rings. The molecule has 3 nitrogen and oxygen atoms in total. The average molecular weight is 315 g/mol. The van der Waals surface area contributed by atoms with E-state index in [2.05, 4.69) is 71.3 Å². The van der Waals surface area contributed by atoms with Gasteiger partial charge >= 0.3 is 0 Å². The summed E-state index contributed by atoms with van der Waals surface area (Å²) in [6, 6.07) is 15.3. The van der Waals surface area contributed by atoms with Crippen molar-refractivity contribution in [3.05, 3.63) is 76.6 Å². The Hall–Kier alpha value is -2.55. The van der Waals surface area contributed by atoms with Crippen molar-refractivity contribution in [3.63, 3.8) is 0 Å². The smallest absolute Gasteiger partial charge is 0.136 e. The summed E-state index contributed by atoms with van der Waals surface area (Å²) in [5.74, 6) is 2.41. The van der Waals surface area contributed by atoms with E-state index in [1.165, 1.54) is 27.8 Å². The van der Waals surface area contributed by atoms with Gasteiger partial charge in [0.2, 0.25) is 0 Å². The molecule has 0 amide bonds. The number of aromatic nitrogens is 3. The van der Waals surface area contributed by atoms with Crippen LogP contribution in [0.4, 0.5) is 0 Å². The molecule has 24 heavy (non-hydrogen) atoms. The topological polar surface area (TPSA) is 38.7 Å². The second-order valence-corrected chi connectivity index (χ2v) is 7.03. The second kappa shape index (κ2) is 5.23. The van der Waals surface area contributed by atoms with Crippen molar-refractivity contribution in [2.75, 3.05) is 0 Å². The van der Waals surface area contributed by atoms with E-state index in [-0.39, 0.29) is 5.41 Å². The van der Waals surface area contributed by atoms with E-state index in [0.29, 0.717) is 0 Å². The Kier molecular flexibility index (Phi) is 3.27. The predicted molar refractivity (Wildman–Crippen MR) is 96.1 cm³/mol. The quantitative estimate of drug-likeness (QED) is 0.704. The van der Waals surface area contributed by atoms with Crippen LogP contribution in [0.3, 0.4) is 0 Å². The first-order valence-electron chi connectivity index (χ1n) is 8.37. The Morgan fingerprint density at radius 1 is 0.792 bits per heavy atom. The van der Waals surface area contributed by atoms with Crippen molar-refractivity contribution < 1.29 is 0 Å². The van der Waals surface area contributed by atoms with Gasteiger partial charge in [0, 0.05) is 11.8 Å². The van der Waals surface area contributed by atoms with Crippen molar-refractivity contribution in [1.29, 1.82) is 0 Å². The normalized spacial score (nSPS) is 14.3. The van der Waals surface area contributed by atoms with Crippen LogP contribution in [0.1, 0.15) is 48.0 Å². The molecule has 0 aliphatic heterocycles. The Morgan fingerprint density at radius 2 is 1.46 bits per heavy atom. The van der Waals surface area contributed by atoms with Crippen LogP contribution >= 0.6 is 0 Å². The minimum Gasteiger partial charge on any atom is -0.219 e. The van der Waals surface area contributed by atoms with E-state index < -0.39 is 0 Å². The SMILES string of the molecule is Cc1nc(C)nc(Cc2cccc3c2-c2ccccc2C3(C)C)n1. The third-order valence-electron chi connectivity index (χ3n) is 4.95. The van der Waals surface area contributed by atoms with Crippen molar-refractivity contribution >= 4 is 0 Å². The largest absolute Gasteiger partial charge is 0.219 e. The number of fused-ring (bicyclic) bond motifs is 3. The Labute approximate surface area is 142 Å². The van der Waals surface area contributed by atoms with Gasteiger partial charge in [-0.15, -0.1) is 0 Å². The molecule has 1 aromatic heterocycles. The fourth-order valence-electron chi connectivity index (χ4n) is 3.91. The molecule has 0 spiro atoms. The van der Waals surface area contributed by atoms with Gasteiger partial charge in [0.1, 0.15) is 17.5 Å². The molecule has 1 aliphatic carbocycles. The van der Waals surface area contributed by atoms with E-state index >= 15 is 0 Å². The molecule has 3 heteroatoms. The van der Waals surface area contributed by atoms with Gasteiger partial charge in [-0.1, -0.05) is 56.3 Å². The van der Waals surface area contributed by atoms with Gasteiger partial charge in [0.15, 0.2) is 0 Å². The van der Waals surface area contributed by atoms with Gasteiger partial charge in [-0.3, -0.25) is 0 Å². The van der Waals surface area contributed by atoms with E-state index in [9.17, 15) is 0 Å². The lowest BCUT2D eigenvalue weighted by Gasteiger charge is -2.21. The Balaban J connectivity index is 1.88. The minimum atomic E-state index is 0.0346. The maximum Gasteiger partial charge on any atom is 0.136 e. The van der Waals surface area contributed by atoms with Crippen molar-refractivity contribution in [2.45, 2.75) is 39.5 Å². The molecule has 2 aromatic carbocycles. The highest BCUT2D eigenvalue weighted by atomic mass is 15.0. The van der Waals surface area contributed by atoms with Crippen LogP contribution in [0, 0.1) is 13.8 Å². The summed E-state index contributed by atoms with van der Waals surface area (Å²) in [6.07, 6.45) is 0.734. The molecular formula is C21H21N3. The molecular weight excluding hydrogens is 294 g/mol. The first-order chi connectivity index (χ1) is 11.5. The summed E-state index contributed by atoms with van der Waals surface area (Å²) in [6.45, 7) is 8.45. The first kappa shape index (κ1) is 15.0. The molecule has 120 valence electrons. The maximum absolute atomic E-state index is 4.52. The molecule has 1 heterocycles. The molecule has 0 unspecified atom stereocenters. The van der Waals surface area contributed by atoms with E-state index in [1.54, 1.807) is 0 Å². The molecule has 0 bridgehead atoms. The lowest BCUT2D eigenvalue weighted by atomic mass is 9.82. The van der Waals surface area contributed by atoms with Crippen LogP contribution in [0.25, 0.3) is 11.1 Å². The minimum absolute atomic E-state index is 0.0346. The molecule has 3 aromatic rings. The fraction of sp³-hybridized carbons (Fsp3) is 0.286. The van der Waals surface area contributed by atoms with Gasteiger partial charge < -0.3 is 0 Å². The molecule has 4 rings (SSSR count). The number of aryl methyl sites for hydroxylation is 2. The highest BCUT2D eigenvalue weighted by Gasteiger charge is 2.36. The summed E-state index contributed by atoms with van der Waals surface area (Å²) in [7, 11) is 0. The van der Waals surface area contributed by atoms with Gasteiger partial charge in [-0.05, 0) is 41.7 Å². The third-order valence-corrected chi connectivity index (χ3v) is 4.95. The van der Waals surface area contributed by atoms with Crippen LogP contribution < -0.4 is 0 Å². The molecule has 1 aliphatic rings. The zero-order valence-electron chi connectivity index (χ0n) is 14.6. The number of benzene rings is 2. The summed E-state index contributed by atoms with van der Waals surface area (Å²) < 4.78 is 0. The monoisotopic (exact) mass is 315 g/mol. The Bertz CT molecular complexity index is 921. The first-order valence-corrected chi connectivity index (χ1v) is 8.37. The highest BCUT2D eigenvalue weighted by Crippen LogP contribution is 2.49. The van der Waals surface area contributed by atoms with E-state index in [1.807, 2.05) is 13.8 Å². The Morgan fingerprint density at radius 3 is 2.21 bits per heavy atom. The molecule has 0 saturated heterocycles. The number of nitrogens with zero attached hydrogens (tertiary/aromatic N) is 3. The van der Waals surface area contributed by atoms with Gasteiger partial charge in [-0.25, -0.2) is 15.0 Å². The van der Waals surface area contributed by atoms with E-state index in [0.717, 1.165) is 23.9 Å². The third kappa shape index (κ3) is 2.23. The van der Waals surface area contributed by atoms with Gasteiger partial charge in [0.25, 0.3) is 0 Å². The highest BCUT2D eigenvalue weighted by molar-refractivity contribution is 5.83.